The van der Waals surface area contributed by atoms with Gasteiger partial charge in [0.05, 0.1) is 12.8 Å². The van der Waals surface area contributed by atoms with Crippen molar-refractivity contribution in [1.29, 1.82) is 0 Å². The highest BCUT2D eigenvalue weighted by Crippen LogP contribution is 2.41. The summed E-state index contributed by atoms with van der Waals surface area (Å²) in [4.78, 5) is 5.71. The number of rotatable bonds is 2. The third-order valence-electron chi connectivity index (χ3n) is 3.85. The Morgan fingerprint density at radius 1 is 1.10 bits per heavy atom. The summed E-state index contributed by atoms with van der Waals surface area (Å²) < 4.78 is 5.20. The number of benzene rings is 2. The van der Waals surface area contributed by atoms with Crippen LogP contribution in [-0.2, 0) is 6.42 Å². The van der Waals surface area contributed by atoms with Crippen molar-refractivity contribution in [3.8, 4) is 28.1 Å². The molecule has 1 aliphatic carbocycles. The summed E-state index contributed by atoms with van der Waals surface area (Å²) in [7, 11) is 1.68. The second-order valence-electron chi connectivity index (χ2n) is 5.10. The van der Waals surface area contributed by atoms with Gasteiger partial charge in [-0.3, -0.25) is 0 Å². The number of nitrogens with two attached hydrogens (primary N) is 1. The van der Waals surface area contributed by atoms with Gasteiger partial charge in [-0.2, -0.15) is 0 Å². The number of anilines is 1. The monoisotopic (exact) mass is 294 g/mol. The highest BCUT2D eigenvalue weighted by atomic mass is 32.1. The van der Waals surface area contributed by atoms with E-state index in [1.165, 1.54) is 27.1 Å². The van der Waals surface area contributed by atoms with Gasteiger partial charge in [-0.1, -0.05) is 30.3 Å². The molecule has 4 heteroatoms. The maximum atomic E-state index is 5.79. The lowest BCUT2D eigenvalue weighted by Gasteiger charge is -2.06. The lowest BCUT2D eigenvalue weighted by atomic mass is 10.00. The Bertz CT molecular complexity index is 821. The van der Waals surface area contributed by atoms with E-state index in [1.807, 2.05) is 12.1 Å². The smallest absolute Gasteiger partial charge is 0.180 e. The fourth-order valence-electron chi connectivity index (χ4n) is 2.81. The fraction of sp³-hybridized carbons (Fsp3) is 0.118. The fourth-order valence-corrected chi connectivity index (χ4v) is 3.68. The van der Waals surface area contributed by atoms with E-state index in [1.54, 1.807) is 18.4 Å². The summed E-state index contributed by atoms with van der Waals surface area (Å²) in [5.41, 5.74) is 11.8. The van der Waals surface area contributed by atoms with Gasteiger partial charge in [0, 0.05) is 16.9 Å². The van der Waals surface area contributed by atoms with Crippen LogP contribution in [0, 0.1) is 0 Å². The molecule has 0 radical (unpaired) electrons. The largest absolute Gasteiger partial charge is 0.497 e. The summed E-state index contributed by atoms with van der Waals surface area (Å²) in [5.74, 6) is 0.877. The minimum atomic E-state index is 0.657. The first-order valence-corrected chi connectivity index (χ1v) is 7.59. The zero-order chi connectivity index (χ0) is 14.4. The SMILES string of the molecule is COc1ccc(-c2ccc3c(c2)Cc2sc(N)nc2-3)cc1. The highest BCUT2D eigenvalue weighted by Gasteiger charge is 2.22. The molecule has 0 spiro atoms. The average Bonchev–Trinajstić information content (AvgIpc) is 3.02. The lowest BCUT2D eigenvalue weighted by molar-refractivity contribution is 0.415. The third-order valence-corrected chi connectivity index (χ3v) is 4.73. The van der Waals surface area contributed by atoms with Crippen molar-refractivity contribution in [3.63, 3.8) is 0 Å². The first kappa shape index (κ1) is 12.4. The minimum Gasteiger partial charge on any atom is -0.497 e. The van der Waals surface area contributed by atoms with Crippen LogP contribution in [0.25, 0.3) is 22.4 Å². The molecule has 2 aromatic carbocycles. The van der Waals surface area contributed by atoms with Crippen molar-refractivity contribution in [3.05, 3.63) is 52.9 Å². The van der Waals surface area contributed by atoms with E-state index >= 15 is 0 Å². The molecule has 0 amide bonds. The zero-order valence-electron chi connectivity index (χ0n) is 11.6. The van der Waals surface area contributed by atoms with Gasteiger partial charge in [0.15, 0.2) is 5.13 Å². The van der Waals surface area contributed by atoms with Gasteiger partial charge in [-0.05, 0) is 28.8 Å². The van der Waals surface area contributed by atoms with Crippen LogP contribution in [-0.4, -0.2) is 12.1 Å². The molecular weight excluding hydrogens is 280 g/mol. The topological polar surface area (TPSA) is 48.1 Å². The van der Waals surface area contributed by atoms with Crippen LogP contribution < -0.4 is 10.5 Å². The van der Waals surface area contributed by atoms with Crippen molar-refractivity contribution >= 4 is 16.5 Å². The summed E-state index contributed by atoms with van der Waals surface area (Å²) in [6, 6.07) is 14.7. The maximum Gasteiger partial charge on any atom is 0.180 e. The Hall–Kier alpha value is -2.33. The van der Waals surface area contributed by atoms with Crippen molar-refractivity contribution in [2.45, 2.75) is 6.42 Å². The molecule has 0 unspecified atom stereocenters. The molecule has 1 heterocycles. The predicted octanol–water partition coefficient (Wildman–Crippen LogP) is 3.97. The maximum absolute atomic E-state index is 5.79. The standard InChI is InChI=1S/C17H14N2OS/c1-20-13-5-2-10(3-6-13)11-4-7-14-12(8-11)9-15-16(14)19-17(18)21-15/h2-8H,9H2,1H3,(H2,18,19). The highest BCUT2D eigenvalue weighted by molar-refractivity contribution is 7.15. The van der Waals surface area contributed by atoms with Crippen molar-refractivity contribution < 1.29 is 4.74 Å². The van der Waals surface area contributed by atoms with Gasteiger partial charge in [-0.25, -0.2) is 4.98 Å². The normalized spacial score (nSPS) is 12.0. The zero-order valence-corrected chi connectivity index (χ0v) is 12.4. The van der Waals surface area contributed by atoms with Gasteiger partial charge < -0.3 is 10.5 Å². The van der Waals surface area contributed by atoms with E-state index in [4.69, 9.17) is 10.5 Å². The van der Waals surface area contributed by atoms with Crippen LogP contribution in [0.15, 0.2) is 42.5 Å². The molecule has 0 aliphatic heterocycles. The third kappa shape index (κ3) is 1.99. The van der Waals surface area contributed by atoms with E-state index in [0.717, 1.165) is 17.9 Å². The molecule has 0 atom stereocenters. The van der Waals surface area contributed by atoms with Crippen molar-refractivity contribution in [1.82, 2.24) is 4.98 Å². The Morgan fingerprint density at radius 2 is 1.86 bits per heavy atom. The van der Waals surface area contributed by atoms with Crippen LogP contribution in [0.2, 0.25) is 0 Å². The molecular formula is C17H14N2OS. The molecule has 0 saturated carbocycles. The second kappa shape index (κ2) is 4.60. The number of aromatic nitrogens is 1. The predicted molar refractivity (Wildman–Crippen MR) is 86.8 cm³/mol. The Kier molecular flexibility index (Phi) is 2.72. The summed E-state index contributed by atoms with van der Waals surface area (Å²) in [6.45, 7) is 0. The molecule has 2 N–H and O–H groups in total. The summed E-state index contributed by atoms with van der Waals surface area (Å²) >= 11 is 1.59. The number of thiazole rings is 1. The first-order valence-electron chi connectivity index (χ1n) is 6.77. The van der Waals surface area contributed by atoms with E-state index in [9.17, 15) is 0 Å². The molecule has 1 aliphatic rings. The van der Waals surface area contributed by atoms with Gasteiger partial charge in [-0.15, -0.1) is 11.3 Å². The lowest BCUT2D eigenvalue weighted by Crippen LogP contribution is -1.87. The van der Waals surface area contributed by atoms with Gasteiger partial charge in [0.1, 0.15) is 5.75 Å². The van der Waals surface area contributed by atoms with Crippen molar-refractivity contribution in [2.75, 3.05) is 12.8 Å². The van der Waals surface area contributed by atoms with Crippen molar-refractivity contribution in [2.24, 2.45) is 0 Å². The molecule has 3 nitrogen and oxygen atoms in total. The quantitative estimate of drug-likeness (QED) is 0.608. The molecule has 0 bridgehead atoms. The molecule has 104 valence electrons. The van der Waals surface area contributed by atoms with Crippen LogP contribution in [0.4, 0.5) is 5.13 Å². The number of fused-ring (bicyclic) bond motifs is 3. The summed E-state index contributed by atoms with van der Waals surface area (Å²) in [6.07, 6.45) is 0.934. The number of ether oxygens (including phenoxy) is 1. The second-order valence-corrected chi connectivity index (χ2v) is 6.22. The van der Waals surface area contributed by atoms with E-state index in [0.29, 0.717) is 5.13 Å². The number of nitrogens with zero attached hydrogens (tertiary/aromatic N) is 1. The van der Waals surface area contributed by atoms with Crippen LogP contribution in [0.3, 0.4) is 0 Å². The molecule has 0 saturated heterocycles. The number of hydrogen-bond donors (Lipinski definition) is 1. The number of hydrogen-bond acceptors (Lipinski definition) is 4. The molecule has 4 rings (SSSR count). The Morgan fingerprint density at radius 3 is 2.62 bits per heavy atom. The molecule has 21 heavy (non-hydrogen) atoms. The van der Waals surface area contributed by atoms with Gasteiger partial charge in [0.2, 0.25) is 0 Å². The Labute approximate surface area is 127 Å². The van der Waals surface area contributed by atoms with Crippen LogP contribution in [0.1, 0.15) is 10.4 Å². The summed E-state index contributed by atoms with van der Waals surface area (Å²) in [5, 5.41) is 0.657. The average molecular weight is 294 g/mol. The number of nitrogen functional groups attached to an aromatic ring is 1. The van der Waals surface area contributed by atoms with E-state index in [-0.39, 0.29) is 0 Å². The first-order chi connectivity index (χ1) is 10.2. The van der Waals surface area contributed by atoms with E-state index in [2.05, 4.69) is 35.3 Å². The van der Waals surface area contributed by atoms with Gasteiger partial charge in [0.25, 0.3) is 0 Å². The van der Waals surface area contributed by atoms with E-state index < -0.39 is 0 Å². The van der Waals surface area contributed by atoms with Gasteiger partial charge >= 0.3 is 0 Å². The Balaban J connectivity index is 1.74. The van der Waals surface area contributed by atoms with Crippen LogP contribution >= 0.6 is 11.3 Å². The molecule has 1 aromatic heterocycles. The molecule has 0 fully saturated rings. The van der Waals surface area contributed by atoms with Crippen LogP contribution in [0.5, 0.6) is 5.75 Å². The number of methoxy groups -OCH3 is 1. The minimum absolute atomic E-state index is 0.657. The molecule has 3 aromatic rings.